The summed E-state index contributed by atoms with van der Waals surface area (Å²) in [4.78, 5) is 14.2. The van der Waals surface area contributed by atoms with Gasteiger partial charge < -0.3 is 20.4 Å². The predicted octanol–water partition coefficient (Wildman–Crippen LogP) is 0.885. The molecule has 1 atom stereocenters. The molecule has 1 heterocycles. The molecule has 0 aliphatic carbocycles. The lowest BCUT2D eigenvalue weighted by Crippen LogP contribution is -2.48. The molecule has 0 spiro atoms. The smallest absolute Gasteiger partial charge is 0.225 e. The summed E-state index contributed by atoms with van der Waals surface area (Å²) >= 11 is 0. The molecule has 0 saturated carbocycles. The zero-order valence-electron chi connectivity index (χ0n) is 12.5. The maximum absolute atomic E-state index is 12.3. The van der Waals surface area contributed by atoms with Crippen molar-refractivity contribution in [1.82, 2.24) is 10.2 Å². The number of aliphatic hydroxyl groups excluding tert-OH is 1. The Hall–Kier alpha value is -1.59. The van der Waals surface area contributed by atoms with Gasteiger partial charge in [0.05, 0.1) is 6.61 Å². The van der Waals surface area contributed by atoms with Crippen molar-refractivity contribution in [1.29, 1.82) is 0 Å². The highest BCUT2D eigenvalue weighted by molar-refractivity contribution is 5.78. The highest BCUT2D eigenvalue weighted by Gasteiger charge is 2.21. The second-order valence-corrected chi connectivity index (χ2v) is 5.64. The average molecular weight is 292 g/mol. The number of aryl methyl sites for hydroxylation is 1. The standard InChI is InChI=1S/C16H24N2O3/c1-12(16(21)18-8-6-17-7-9-18)2-3-13-4-5-15(20)14(10-13)11-19/h4-5,10,12,17,19-20H,2-3,6-9,11H2,1H3. The van der Waals surface area contributed by atoms with Crippen LogP contribution in [0.4, 0.5) is 0 Å². The first-order valence-corrected chi connectivity index (χ1v) is 7.53. The molecule has 21 heavy (non-hydrogen) atoms. The van der Waals surface area contributed by atoms with E-state index in [-0.39, 0.29) is 24.2 Å². The summed E-state index contributed by atoms with van der Waals surface area (Å²) in [7, 11) is 0. The van der Waals surface area contributed by atoms with Crippen LogP contribution in [-0.4, -0.2) is 47.2 Å². The highest BCUT2D eigenvalue weighted by Crippen LogP contribution is 2.20. The van der Waals surface area contributed by atoms with Gasteiger partial charge in [-0.2, -0.15) is 0 Å². The summed E-state index contributed by atoms with van der Waals surface area (Å²) in [5, 5.41) is 21.9. The second-order valence-electron chi connectivity index (χ2n) is 5.64. The van der Waals surface area contributed by atoms with Crippen molar-refractivity contribution in [3.05, 3.63) is 29.3 Å². The maximum atomic E-state index is 12.3. The molecule has 5 heteroatoms. The molecule has 1 fully saturated rings. The number of carbonyl (C=O) groups excluding carboxylic acids is 1. The zero-order valence-corrected chi connectivity index (χ0v) is 12.5. The van der Waals surface area contributed by atoms with Crippen molar-refractivity contribution in [3.8, 4) is 5.75 Å². The SMILES string of the molecule is CC(CCc1ccc(O)c(CO)c1)C(=O)N1CCNCC1. The molecule has 1 aliphatic rings. The van der Waals surface area contributed by atoms with Crippen LogP contribution in [0.25, 0.3) is 0 Å². The lowest BCUT2D eigenvalue weighted by atomic mass is 9.98. The van der Waals surface area contributed by atoms with Gasteiger partial charge in [-0.3, -0.25) is 4.79 Å². The van der Waals surface area contributed by atoms with E-state index in [0.717, 1.165) is 44.6 Å². The Labute approximate surface area is 125 Å². The summed E-state index contributed by atoms with van der Waals surface area (Å²) in [6.45, 7) is 5.12. The molecule has 1 aromatic carbocycles. The zero-order chi connectivity index (χ0) is 15.2. The van der Waals surface area contributed by atoms with E-state index in [1.54, 1.807) is 12.1 Å². The third-order valence-electron chi connectivity index (χ3n) is 4.03. The molecule has 1 aromatic rings. The van der Waals surface area contributed by atoms with Crippen LogP contribution in [0.1, 0.15) is 24.5 Å². The van der Waals surface area contributed by atoms with Gasteiger partial charge in [-0.25, -0.2) is 0 Å². The molecule has 116 valence electrons. The Morgan fingerprint density at radius 2 is 2.10 bits per heavy atom. The first-order chi connectivity index (χ1) is 10.1. The Balaban J connectivity index is 1.88. The van der Waals surface area contributed by atoms with E-state index in [2.05, 4.69) is 5.32 Å². The molecule has 1 saturated heterocycles. The van der Waals surface area contributed by atoms with Gasteiger partial charge in [0.1, 0.15) is 5.75 Å². The van der Waals surface area contributed by atoms with Crippen LogP contribution in [0, 0.1) is 5.92 Å². The van der Waals surface area contributed by atoms with Gasteiger partial charge in [0, 0.05) is 37.7 Å². The van der Waals surface area contributed by atoms with Crippen molar-refractivity contribution < 1.29 is 15.0 Å². The Bertz CT molecular complexity index is 484. The molecule has 0 radical (unpaired) electrons. The molecule has 0 bridgehead atoms. The summed E-state index contributed by atoms with van der Waals surface area (Å²) in [6.07, 6.45) is 1.55. The molecule has 3 N–H and O–H groups in total. The molecular weight excluding hydrogens is 268 g/mol. The van der Waals surface area contributed by atoms with E-state index in [4.69, 9.17) is 5.11 Å². The molecule has 0 aromatic heterocycles. The number of hydrogen-bond acceptors (Lipinski definition) is 4. The van der Waals surface area contributed by atoms with Crippen molar-refractivity contribution in [3.63, 3.8) is 0 Å². The van der Waals surface area contributed by atoms with Crippen LogP contribution in [0.5, 0.6) is 5.75 Å². The molecular formula is C16H24N2O3. The number of piperazine rings is 1. The van der Waals surface area contributed by atoms with E-state index in [0.29, 0.717) is 5.56 Å². The Morgan fingerprint density at radius 1 is 1.38 bits per heavy atom. The van der Waals surface area contributed by atoms with Crippen molar-refractivity contribution >= 4 is 5.91 Å². The summed E-state index contributed by atoms with van der Waals surface area (Å²) in [5.74, 6) is 0.332. The molecule has 1 unspecified atom stereocenters. The van der Waals surface area contributed by atoms with Crippen LogP contribution < -0.4 is 5.32 Å². The Morgan fingerprint density at radius 3 is 2.76 bits per heavy atom. The highest BCUT2D eigenvalue weighted by atomic mass is 16.3. The first kappa shape index (κ1) is 15.8. The molecule has 5 nitrogen and oxygen atoms in total. The van der Waals surface area contributed by atoms with Gasteiger partial charge in [0.25, 0.3) is 0 Å². The van der Waals surface area contributed by atoms with Crippen LogP contribution in [0.3, 0.4) is 0 Å². The third kappa shape index (κ3) is 4.19. The van der Waals surface area contributed by atoms with Crippen LogP contribution in [0.15, 0.2) is 18.2 Å². The average Bonchev–Trinajstić information content (AvgIpc) is 2.53. The number of phenols is 1. The van der Waals surface area contributed by atoms with E-state index < -0.39 is 0 Å². The number of amides is 1. The Kier molecular flexibility index (Phi) is 5.59. The normalized spacial score (nSPS) is 16.8. The summed E-state index contributed by atoms with van der Waals surface area (Å²) in [6, 6.07) is 5.25. The van der Waals surface area contributed by atoms with Crippen LogP contribution in [-0.2, 0) is 17.8 Å². The molecule has 2 rings (SSSR count). The van der Waals surface area contributed by atoms with Crippen LogP contribution >= 0.6 is 0 Å². The predicted molar refractivity (Wildman–Crippen MR) is 81.0 cm³/mol. The number of carbonyl (C=O) groups is 1. The second kappa shape index (κ2) is 7.43. The topological polar surface area (TPSA) is 72.8 Å². The first-order valence-electron chi connectivity index (χ1n) is 7.53. The number of hydrogen-bond donors (Lipinski definition) is 3. The van der Waals surface area contributed by atoms with Crippen LogP contribution in [0.2, 0.25) is 0 Å². The van der Waals surface area contributed by atoms with Gasteiger partial charge in [0.2, 0.25) is 5.91 Å². The third-order valence-corrected chi connectivity index (χ3v) is 4.03. The molecule has 1 amide bonds. The van der Waals surface area contributed by atoms with Gasteiger partial charge in [0.15, 0.2) is 0 Å². The van der Waals surface area contributed by atoms with Crippen molar-refractivity contribution in [2.75, 3.05) is 26.2 Å². The summed E-state index contributed by atoms with van der Waals surface area (Å²) < 4.78 is 0. The number of benzene rings is 1. The lowest BCUT2D eigenvalue weighted by Gasteiger charge is -2.29. The lowest BCUT2D eigenvalue weighted by molar-refractivity contribution is -0.135. The van der Waals surface area contributed by atoms with Crippen molar-refractivity contribution in [2.45, 2.75) is 26.4 Å². The fourth-order valence-electron chi connectivity index (χ4n) is 2.62. The van der Waals surface area contributed by atoms with Gasteiger partial charge in [-0.1, -0.05) is 13.0 Å². The van der Waals surface area contributed by atoms with Gasteiger partial charge in [-0.05, 0) is 30.5 Å². The van der Waals surface area contributed by atoms with E-state index in [9.17, 15) is 9.90 Å². The largest absolute Gasteiger partial charge is 0.508 e. The molecule has 1 aliphatic heterocycles. The fraction of sp³-hybridized carbons (Fsp3) is 0.562. The minimum Gasteiger partial charge on any atom is -0.508 e. The van der Waals surface area contributed by atoms with Gasteiger partial charge in [-0.15, -0.1) is 0 Å². The quantitative estimate of drug-likeness (QED) is 0.753. The number of nitrogens with zero attached hydrogens (tertiary/aromatic N) is 1. The number of aliphatic hydroxyl groups is 1. The van der Waals surface area contributed by atoms with E-state index >= 15 is 0 Å². The number of rotatable bonds is 5. The summed E-state index contributed by atoms with van der Waals surface area (Å²) in [5.41, 5.74) is 1.57. The van der Waals surface area contributed by atoms with Crippen molar-refractivity contribution in [2.24, 2.45) is 5.92 Å². The van der Waals surface area contributed by atoms with E-state index in [1.807, 2.05) is 17.9 Å². The minimum absolute atomic E-state index is 0.00511. The fourth-order valence-corrected chi connectivity index (χ4v) is 2.62. The maximum Gasteiger partial charge on any atom is 0.225 e. The number of aromatic hydroxyl groups is 1. The van der Waals surface area contributed by atoms with Gasteiger partial charge >= 0.3 is 0 Å². The monoisotopic (exact) mass is 292 g/mol. The minimum atomic E-state index is -0.172. The van der Waals surface area contributed by atoms with E-state index in [1.165, 1.54) is 0 Å². The number of nitrogens with one attached hydrogen (secondary N) is 1.